The first-order chi connectivity index (χ1) is 22.7. The van der Waals surface area contributed by atoms with Crippen LogP contribution in [-0.2, 0) is 28.6 Å². The summed E-state index contributed by atoms with van der Waals surface area (Å²) in [7, 11) is 0. The molecule has 3 aliphatic carbocycles. The van der Waals surface area contributed by atoms with Gasteiger partial charge in [0.1, 0.15) is 29.5 Å². The second-order valence-corrected chi connectivity index (χ2v) is 15.0. The number of hydrogen-bond acceptors (Lipinski definition) is 12. The van der Waals surface area contributed by atoms with Gasteiger partial charge in [0.25, 0.3) is 0 Å². The first-order valence-corrected chi connectivity index (χ1v) is 16.5. The fourth-order valence-corrected chi connectivity index (χ4v) is 8.54. The number of amides is 1. The van der Waals surface area contributed by atoms with Crippen LogP contribution in [0, 0.1) is 60.8 Å². The van der Waals surface area contributed by atoms with Crippen LogP contribution in [0.3, 0.4) is 0 Å². The summed E-state index contributed by atoms with van der Waals surface area (Å²) < 4.78 is 17.6. The third kappa shape index (κ3) is 6.46. The average Bonchev–Trinajstić information content (AvgIpc) is 3.02. The molecule has 1 radical (unpaired) electrons. The predicted octanol–water partition coefficient (Wildman–Crippen LogP) is 0.894. The zero-order chi connectivity index (χ0) is 36.4. The number of rotatable bonds is 7. The van der Waals surface area contributed by atoms with Crippen molar-refractivity contribution < 1.29 is 103 Å². The summed E-state index contributed by atoms with van der Waals surface area (Å²) in [6.45, 7) is 10.4. The molecule has 2 bridgehead atoms. The van der Waals surface area contributed by atoms with Crippen molar-refractivity contribution in [2.45, 2.75) is 115 Å². The molecular formula is C36H47AcNO12. The predicted molar refractivity (Wildman–Crippen MR) is 173 cm³/mol. The Bertz CT molecular complexity index is 1590. The monoisotopic (exact) mass is 912 g/mol. The van der Waals surface area contributed by atoms with E-state index < -0.39 is 101 Å². The fraction of sp³-hybridized carbons (Fsp3) is 0.611. The van der Waals surface area contributed by atoms with Crippen LogP contribution in [-0.4, -0.2) is 110 Å². The Labute approximate surface area is 327 Å². The van der Waals surface area contributed by atoms with Crippen LogP contribution in [0.15, 0.2) is 53.1 Å². The molecule has 6 N–H and O–H groups in total. The van der Waals surface area contributed by atoms with Gasteiger partial charge in [-0.15, -0.1) is 0 Å². The molecule has 13 nitrogen and oxygen atoms in total. The van der Waals surface area contributed by atoms with E-state index in [0.717, 1.165) is 0 Å². The molecule has 50 heavy (non-hydrogen) atoms. The van der Waals surface area contributed by atoms with Crippen LogP contribution in [0.2, 0.25) is 0 Å². The number of fused-ring (bicyclic) bond motifs is 5. The molecule has 1 aromatic rings. The van der Waals surface area contributed by atoms with E-state index in [-0.39, 0.29) is 73.8 Å². The number of nitrogens with one attached hydrogen (secondary N) is 1. The number of Topliss-reactive ketones (excluding diaryl/α,β-unsaturated/α-hetero) is 1. The Hall–Kier alpha value is -2.02. The summed E-state index contributed by atoms with van der Waals surface area (Å²) in [5, 5.41) is 62.2. The van der Waals surface area contributed by atoms with Gasteiger partial charge in [-0.3, -0.25) is 9.59 Å². The standard InChI is InChI=1S/C36H47NO12.Ac/c1-17(2)13-21(37-19(4)38)26(40)32(44)48-22-15-36(46)30(49-31(43)20-11-9-8-10-12-20)28-34(7,23(39)14-24-35(28,45)16-47-24)29(42)27(41)25(18(22)3)33(36,5)6;/h8-13,21-24,26-28,30,39-41,45-46H,14-16H2,1-7H3,(H,37,38);/t21?,22?,23?,24?,26?,27?,28?,30?,34-,35+,36?;/m1./s1. The summed E-state index contributed by atoms with van der Waals surface area (Å²) in [6, 6.07) is 6.75. The number of ketones is 1. The van der Waals surface area contributed by atoms with E-state index in [2.05, 4.69) is 5.32 Å². The molecule has 14 heteroatoms. The number of allylic oxidation sites excluding steroid dienone is 1. The van der Waals surface area contributed by atoms with Crippen LogP contribution in [0.4, 0.5) is 0 Å². The van der Waals surface area contributed by atoms with Gasteiger partial charge in [-0.05, 0) is 51.0 Å². The normalized spacial score (nSPS) is 36.8. The molecule has 1 saturated heterocycles. The number of carbonyl (C=O) groups excluding carboxylic acids is 4. The second-order valence-electron chi connectivity index (χ2n) is 15.0. The number of aliphatic hydroxyl groups is 5. The zero-order valence-corrected chi connectivity index (χ0v) is 34.1. The molecule has 2 saturated carbocycles. The third-order valence-corrected chi connectivity index (χ3v) is 11.3. The summed E-state index contributed by atoms with van der Waals surface area (Å²) in [5.74, 6) is -4.94. The second kappa shape index (κ2) is 14.4. The SMILES string of the molecule is CC(=O)NC(C=C(C)C)C(O)C(=O)OC1CC2(O)C(OC(=O)c3ccccc3)C3[C@]4(O)COC4CC(O)[C@@]3(C)C(=O)C(O)C(=C1C)C2(C)C.[Ac]. The maximum Gasteiger partial charge on any atom is 0.338 e. The molecule has 5 rings (SSSR count). The topological polar surface area (TPSA) is 209 Å². The Morgan fingerprint density at radius 2 is 1.66 bits per heavy atom. The van der Waals surface area contributed by atoms with Gasteiger partial charge in [-0.2, -0.15) is 0 Å². The molecule has 0 spiro atoms. The number of carbonyl (C=O) groups is 4. The first-order valence-electron chi connectivity index (χ1n) is 16.5. The Balaban J connectivity index is 0.00000562. The van der Waals surface area contributed by atoms with Crippen LogP contribution >= 0.6 is 0 Å². The van der Waals surface area contributed by atoms with E-state index in [4.69, 9.17) is 14.2 Å². The molecule has 1 amide bonds. The summed E-state index contributed by atoms with van der Waals surface area (Å²) in [4.78, 5) is 53.7. The van der Waals surface area contributed by atoms with Gasteiger partial charge in [-0.1, -0.05) is 43.7 Å². The Morgan fingerprint density at radius 3 is 2.20 bits per heavy atom. The minimum Gasteiger partial charge on any atom is -0.456 e. The molecule has 1 aliphatic heterocycles. The number of hydrogen-bond donors (Lipinski definition) is 6. The smallest absolute Gasteiger partial charge is 0.338 e. The number of ether oxygens (including phenoxy) is 3. The number of benzene rings is 1. The van der Waals surface area contributed by atoms with Crippen LogP contribution < -0.4 is 5.32 Å². The van der Waals surface area contributed by atoms with Gasteiger partial charge in [0.05, 0.1) is 35.8 Å². The quantitative estimate of drug-likeness (QED) is 0.167. The van der Waals surface area contributed by atoms with E-state index in [1.807, 2.05) is 0 Å². The Kier molecular flexibility index (Phi) is 11.8. The van der Waals surface area contributed by atoms with Crippen molar-refractivity contribution in [3.63, 3.8) is 0 Å². The van der Waals surface area contributed by atoms with Gasteiger partial charge in [0, 0.05) is 75.2 Å². The third-order valence-electron chi connectivity index (χ3n) is 11.3. The van der Waals surface area contributed by atoms with Crippen molar-refractivity contribution in [1.82, 2.24) is 5.32 Å². The van der Waals surface area contributed by atoms with Crippen molar-refractivity contribution in [1.29, 1.82) is 0 Å². The van der Waals surface area contributed by atoms with Gasteiger partial charge in [0.15, 0.2) is 11.9 Å². The maximum absolute atomic E-state index is 14.5. The molecule has 0 aromatic heterocycles. The largest absolute Gasteiger partial charge is 0.456 e. The van der Waals surface area contributed by atoms with Crippen molar-refractivity contribution in [3.8, 4) is 0 Å². The van der Waals surface area contributed by atoms with Crippen molar-refractivity contribution in [2.24, 2.45) is 16.7 Å². The average molecular weight is 913 g/mol. The molecule has 9 unspecified atom stereocenters. The summed E-state index contributed by atoms with van der Waals surface area (Å²) in [5.41, 5.74) is -6.65. The van der Waals surface area contributed by atoms with E-state index in [1.165, 1.54) is 39.0 Å². The maximum atomic E-state index is 14.5. The minimum atomic E-state index is -2.26. The molecule has 1 heterocycles. The van der Waals surface area contributed by atoms with Crippen LogP contribution in [0.1, 0.15) is 71.7 Å². The molecule has 271 valence electrons. The number of esters is 2. The van der Waals surface area contributed by atoms with Crippen molar-refractivity contribution >= 4 is 23.6 Å². The van der Waals surface area contributed by atoms with Gasteiger partial charge >= 0.3 is 11.9 Å². The summed E-state index contributed by atoms with van der Waals surface area (Å²) >= 11 is 0. The van der Waals surface area contributed by atoms with Crippen molar-refractivity contribution in [3.05, 3.63) is 58.7 Å². The fourth-order valence-electron chi connectivity index (χ4n) is 8.54. The molecule has 1 aromatic carbocycles. The van der Waals surface area contributed by atoms with Gasteiger partial charge in [0.2, 0.25) is 5.91 Å². The molecule has 11 atom stereocenters. The first kappa shape index (κ1) is 40.7. The van der Waals surface area contributed by atoms with Gasteiger partial charge < -0.3 is 45.1 Å². The minimum absolute atomic E-state index is 0. The summed E-state index contributed by atoms with van der Waals surface area (Å²) in [6.07, 6.45) is -8.50. The number of aliphatic hydroxyl groups excluding tert-OH is 3. The molecule has 3 fully saturated rings. The molecular weight excluding hydrogens is 865 g/mol. The van der Waals surface area contributed by atoms with Crippen LogP contribution in [0.5, 0.6) is 0 Å². The van der Waals surface area contributed by atoms with E-state index >= 15 is 0 Å². The molecule has 4 aliphatic rings. The van der Waals surface area contributed by atoms with Gasteiger partial charge in [-0.25, -0.2) is 9.59 Å². The van der Waals surface area contributed by atoms with E-state index in [9.17, 15) is 44.7 Å². The zero-order valence-electron chi connectivity index (χ0n) is 29.4. The van der Waals surface area contributed by atoms with Crippen LogP contribution in [0.25, 0.3) is 0 Å². The van der Waals surface area contributed by atoms with E-state index in [1.54, 1.807) is 45.9 Å². The Morgan fingerprint density at radius 1 is 1.04 bits per heavy atom. The van der Waals surface area contributed by atoms with E-state index in [0.29, 0.717) is 5.57 Å². The van der Waals surface area contributed by atoms with Crippen molar-refractivity contribution in [2.75, 3.05) is 6.61 Å².